The first-order valence-electron chi connectivity index (χ1n) is 11.1. The summed E-state index contributed by atoms with van der Waals surface area (Å²) in [7, 11) is 0. The number of hydrogen-bond donors (Lipinski definition) is 1. The molecule has 1 heterocycles. The predicted molar refractivity (Wildman–Crippen MR) is 135 cm³/mol. The van der Waals surface area contributed by atoms with Gasteiger partial charge in [-0.05, 0) is 16.7 Å². The Kier molecular flexibility index (Phi) is 9.28. The average molecular weight is 560 g/mol. The Balaban J connectivity index is 1.53. The van der Waals surface area contributed by atoms with Crippen LogP contribution in [0.4, 0.5) is 0 Å². The van der Waals surface area contributed by atoms with Crippen LogP contribution in [0.1, 0.15) is 16.7 Å². The lowest BCUT2D eigenvalue weighted by Gasteiger charge is -2.44. The first-order valence-corrected chi connectivity index (χ1v) is 12.6. The zero-order valence-corrected chi connectivity index (χ0v) is 20.5. The zero-order valence-electron chi connectivity index (χ0n) is 18.3. The number of aliphatic hydroxyl groups excluding tert-OH is 1. The van der Waals surface area contributed by atoms with Crippen LogP contribution in [0.2, 0.25) is 0 Å². The van der Waals surface area contributed by atoms with E-state index in [1.54, 1.807) is 0 Å². The maximum absolute atomic E-state index is 10.8. The standard InChI is InChI=1S/C27H29IO5/c28-16-23-24(30-17-20-10-4-1-5-11-20)25(31-18-21-12-6-2-7-13-21)26(27(29)33-23)32-19-22-14-8-3-9-15-22/h1-15,23-27,29H,16-19H2/t23-,24+,25+,26-,27+/m1/s1. The summed E-state index contributed by atoms with van der Waals surface area (Å²) in [6, 6.07) is 29.9. The van der Waals surface area contributed by atoms with E-state index in [0.29, 0.717) is 24.2 Å². The highest BCUT2D eigenvalue weighted by molar-refractivity contribution is 14.1. The maximum atomic E-state index is 10.8. The minimum atomic E-state index is -1.11. The average Bonchev–Trinajstić information content (AvgIpc) is 2.87. The molecule has 0 aliphatic carbocycles. The first kappa shape index (κ1) is 24.3. The number of hydrogen-bond acceptors (Lipinski definition) is 5. The van der Waals surface area contributed by atoms with Crippen LogP contribution in [0.5, 0.6) is 0 Å². The van der Waals surface area contributed by atoms with Crippen molar-refractivity contribution in [2.75, 3.05) is 4.43 Å². The second-order valence-electron chi connectivity index (χ2n) is 8.00. The molecule has 0 aromatic heterocycles. The summed E-state index contributed by atoms with van der Waals surface area (Å²) in [5.74, 6) is 0. The molecule has 3 aromatic rings. The zero-order chi connectivity index (χ0) is 22.9. The van der Waals surface area contributed by atoms with Gasteiger partial charge in [-0.3, -0.25) is 0 Å². The molecule has 1 aliphatic heterocycles. The van der Waals surface area contributed by atoms with Crippen LogP contribution in [0.3, 0.4) is 0 Å². The van der Waals surface area contributed by atoms with Crippen molar-refractivity contribution in [3.05, 3.63) is 108 Å². The molecule has 1 N–H and O–H groups in total. The van der Waals surface area contributed by atoms with E-state index in [4.69, 9.17) is 18.9 Å². The molecule has 5 atom stereocenters. The molecule has 0 amide bonds. The number of benzene rings is 3. The van der Waals surface area contributed by atoms with Crippen LogP contribution in [-0.4, -0.2) is 40.2 Å². The summed E-state index contributed by atoms with van der Waals surface area (Å²) >= 11 is 2.26. The fraction of sp³-hybridized carbons (Fsp3) is 0.333. The number of halogens is 1. The van der Waals surface area contributed by atoms with E-state index in [1.165, 1.54) is 0 Å². The largest absolute Gasteiger partial charge is 0.368 e. The summed E-state index contributed by atoms with van der Waals surface area (Å²) in [6.07, 6.45) is -3.00. The van der Waals surface area contributed by atoms with E-state index in [1.807, 2.05) is 91.0 Å². The summed E-state index contributed by atoms with van der Waals surface area (Å²) in [6.45, 7) is 1.16. The first-order chi connectivity index (χ1) is 16.2. The van der Waals surface area contributed by atoms with Gasteiger partial charge in [-0.2, -0.15) is 0 Å². The fourth-order valence-corrected chi connectivity index (χ4v) is 4.60. The molecule has 5 nitrogen and oxygen atoms in total. The molecular weight excluding hydrogens is 531 g/mol. The van der Waals surface area contributed by atoms with Gasteiger partial charge < -0.3 is 24.1 Å². The van der Waals surface area contributed by atoms with E-state index in [2.05, 4.69) is 22.6 Å². The van der Waals surface area contributed by atoms with Crippen LogP contribution in [-0.2, 0) is 38.8 Å². The second-order valence-corrected chi connectivity index (χ2v) is 8.88. The lowest BCUT2D eigenvalue weighted by Crippen LogP contribution is -2.60. The molecule has 1 aliphatic rings. The third-order valence-corrected chi connectivity index (χ3v) is 6.49. The molecular formula is C27H29IO5. The van der Waals surface area contributed by atoms with Gasteiger partial charge in [0.25, 0.3) is 0 Å². The van der Waals surface area contributed by atoms with Crippen molar-refractivity contribution in [1.82, 2.24) is 0 Å². The monoisotopic (exact) mass is 560 g/mol. The molecule has 4 rings (SSSR count). The highest BCUT2D eigenvalue weighted by Crippen LogP contribution is 2.30. The highest BCUT2D eigenvalue weighted by atomic mass is 127. The molecule has 0 saturated carbocycles. The van der Waals surface area contributed by atoms with Crippen LogP contribution in [0.15, 0.2) is 91.0 Å². The molecule has 1 fully saturated rings. The molecule has 0 unspecified atom stereocenters. The predicted octanol–water partition coefficient (Wildman–Crippen LogP) is 4.89. The Morgan fingerprint density at radius 2 is 1.00 bits per heavy atom. The highest BCUT2D eigenvalue weighted by Gasteiger charge is 2.47. The van der Waals surface area contributed by atoms with Crippen molar-refractivity contribution in [1.29, 1.82) is 0 Å². The number of rotatable bonds is 10. The van der Waals surface area contributed by atoms with Crippen LogP contribution < -0.4 is 0 Å². The van der Waals surface area contributed by atoms with Gasteiger partial charge in [0.15, 0.2) is 6.29 Å². The third kappa shape index (κ3) is 6.85. The van der Waals surface area contributed by atoms with Gasteiger partial charge >= 0.3 is 0 Å². The van der Waals surface area contributed by atoms with Crippen molar-refractivity contribution in [2.24, 2.45) is 0 Å². The van der Waals surface area contributed by atoms with E-state index >= 15 is 0 Å². The molecule has 0 radical (unpaired) electrons. The van der Waals surface area contributed by atoms with E-state index in [9.17, 15) is 5.11 Å². The topological polar surface area (TPSA) is 57.2 Å². The Labute approximate surface area is 208 Å². The Morgan fingerprint density at radius 3 is 1.42 bits per heavy atom. The van der Waals surface area contributed by atoms with E-state index in [-0.39, 0.29) is 6.10 Å². The van der Waals surface area contributed by atoms with Crippen molar-refractivity contribution >= 4 is 22.6 Å². The molecule has 3 aromatic carbocycles. The van der Waals surface area contributed by atoms with Crippen LogP contribution >= 0.6 is 22.6 Å². The van der Waals surface area contributed by atoms with Gasteiger partial charge in [-0.1, -0.05) is 114 Å². The summed E-state index contributed by atoms with van der Waals surface area (Å²) in [4.78, 5) is 0. The minimum absolute atomic E-state index is 0.318. The number of aliphatic hydroxyl groups is 1. The van der Waals surface area contributed by atoms with Crippen molar-refractivity contribution in [3.63, 3.8) is 0 Å². The molecule has 1 saturated heterocycles. The van der Waals surface area contributed by atoms with Crippen LogP contribution in [0.25, 0.3) is 0 Å². The van der Waals surface area contributed by atoms with Gasteiger partial charge in [-0.15, -0.1) is 0 Å². The van der Waals surface area contributed by atoms with Gasteiger partial charge in [0.2, 0.25) is 0 Å². The Morgan fingerprint density at radius 1 is 0.606 bits per heavy atom. The summed E-state index contributed by atoms with van der Waals surface area (Å²) in [5.41, 5.74) is 3.14. The smallest absolute Gasteiger partial charge is 0.184 e. The maximum Gasteiger partial charge on any atom is 0.184 e. The van der Waals surface area contributed by atoms with E-state index < -0.39 is 24.6 Å². The lowest BCUT2D eigenvalue weighted by molar-refractivity contribution is -0.306. The molecule has 33 heavy (non-hydrogen) atoms. The molecule has 6 heteroatoms. The van der Waals surface area contributed by atoms with Crippen molar-refractivity contribution < 1.29 is 24.1 Å². The van der Waals surface area contributed by atoms with Crippen LogP contribution in [0, 0.1) is 0 Å². The molecule has 0 spiro atoms. The number of alkyl halides is 1. The quantitative estimate of drug-likeness (QED) is 0.283. The third-order valence-electron chi connectivity index (χ3n) is 5.62. The fourth-order valence-electron chi connectivity index (χ4n) is 3.89. The molecule has 0 bridgehead atoms. The normalized spacial score (nSPS) is 25.1. The second kappa shape index (κ2) is 12.6. The van der Waals surface area contributed by atoms with Crippen molar-refractivity contribution in [3.8, 4) is 0 Å². The minimum Gasteiger partial charge on any atom is -0.368 e. The van der Waals surface area contributed by atoms with Gasteiger partial charge in [0.1, 0.15) is 18.3 Å². The SMILES string of the molecule is O[C@H]1O[C@H](CI)[C@H](OCc2ccccc2)[C@H](OCc2ccccc2)[C@H]1OCc1ccccc1. The lowest BCUT2D eigenvalue weighted by atomic mass is 9.98. The van der Waals surface area contributed by atoms with E-state index in [0.717, 1.165) is 16.7 Å². The Hall–Kier alpha value is -1.81. The summed E-state index contributed by atoms with van der Waals surface area (Å²) in [5, 5.41) is 10.8. The van der Waals surface area contributed by atoms with Gasteiger partial charge in [-0.25, -0.2) is 0 Å². The van der Waals surface area contributed by atoms with Crippen molar-refractivity contribution in [2.45, 2.75) is 50.5 Å². The molecule has 174 valence electrons. The Bertz CT molecular complexity index is 941. The number of ether oxygens (including phenoxy) is 4. The van der Waals surface area contributed by atoms with Gasteiger partial charge in [0, 0.05) is 4.43 Å². The summed E-state index contributed by atoms with van der Waals surface area (Å²) < 4.78 is 25.5. The van der Waals surface area contributed by atoms with Gasteiger partial charge in [0.05, 0.1) is 25.9 Å².